The molecule has 0 spiro atoms. The summed E-state index contributed by atoms with van der Waals surface area (Å²) in [6, 6.07) is 0.475. The maximum atomic E-state index is 4.31. The Kier molecular flexibility index (Phi) is 3.54. The Morgan fingerprint density at radius 3 is 3.00 bits per heavy atom. The van der Waals surface area contributed by atoms with Gasteiger partial charge < -0.3 is 5.32 Å². The van der Waals surface area contributed by atoms with Gasteiger partial charge in [0.05, 0.1) is 0 Å². The molecule has 1 N–H and O–H groups in total. The third-order valence-corrected chi connectivity index (χ3v) is 5.17. The molecule has 0 radical (unpaired) electrons. The first kappa shape index (κ1) is 11.9. The van der Waals surface area contributed by atoms with E-state index in [0.717, 1.165) is 12.2 Å². The van der Waals surface area contributed by atoms with Crippen LogP contribution in [0.4, 0.5) is 0 Å². The number of hydrogen-bond donors (Lipinski definition) is 1. The molecule has 1 saturated heterocycles. The van der Waals surface area contributed by atoms with Crippen molar-refractivity contribution in [2.75, 3.05) is 12.8 Å². The van der Waals surface area contributed by atoms with Crippen LogP contribution in [-0.4, -0.2) is 38.4 Å². The molecule has 2 unspecified atom stereocenters. The molecule has 2 rings (SSSR count). The predicted molar refractivity (Wildman–Crippen MR) is 67.7 cm³/mol. The summed E-state index contributed by atoms with van der Waals surface area (Å²) in [4.78, 5) is 4.31. The lowest BCUT2D eigenvalue weighted by atomic mass is 9.93. The zero-order valence-electron chi connectivity index (χ0n) is 10.2. The van der Waals surface area contributed by atoms with Gasteiger partial charge in [-0.15, -0.1) is 0 Å². The summed E-state index contributed by atoms with van der Waals surface area (Å²) in [5.41, 5.74) is 0. The second-order valence-electron chi connectivity index (χ2n) is 4.61. The fraction of sp³-hybridized carbons (Fsp3) is 0.818. The van der Waals surface area contributed by atoms with Crippen LogP contribution < -0.4 is 5.32 Å². The molecule has 90 valence electrons. The molecule has 0 saturated carbocycles. The van der Waals surface area contributed by atoms with E-state index in [-0.39, 0.29) is 0 Å². The highest BCUT2D eigenvalue weighted by atomic mass is 32.2. The first-order chi connectivity index (χ1) is 7.65. The van der Waals surface area contributed by atoms with Gasteiger partial charge in [-0.25, -0.2) is 4.98 Å². The van der Waals surface area contributed by atoms with Crippen molar-refractivity contribution in [2.45, 2.75) is 37.0 Å². The van der Waals surface area contributed by atoms with Gasteiger partial charge in [0.25, 0.3) is 0 Å². The number of aryl methyl sites for hydroxylation is 1. The van der Waals surface area contributed by atoms with Gasteiger partial charge in [0.15, 0.2) is 0 Å². The quantitative estimate of drug-likeness (QED) is 0.859. The molecule has 4 nitrogen and oxygen atoms in total. The van der Waals surface area contributed by atoms with Crippen LogP contribution in [0.1, 0.15) is 25.6 Å². The Balaban J connectivity index is 2.08. The van der Waals surface area contributed by atoms with Gasteiger partial charge >= 0.3 is 0 Å². The lowest BCUT2D eigenvalue weighted by molar-refractivity contribution is 0.412. The largest absolute Gasteiger partial charge is 0.315 e. The molecule has 0 amide bonds. The van der Waals surface area contributed by atoms with Gasteiger partial charge in [-0.2, -0.15) is 16.9 Å². The smallest absolute Gasteiger partial charge is 0.138 e. The van der Waals surface area contributed by atoms with Crippen LogP contribution in [0.3, 0.4) is 0 Å². The van der Waals surface area contributed by atoms with E-state index in [2.05, 4.69) is 34.1 Å². The standard InChI is InChI=1S/C11H20N4S/c1-11(5-4-6-16-11)9(12-2)7-10-13-8-14-15(10)3/h8-9,12H,4-7H2,1-3H3. The Morgan fingerprint density at radius 1 is 1.69 bits per heavy atom. The molecular formula is C11H20N4S. The lowest BCUT2D eigenvalue weighted by Gasteiger charge is -2.32. The van der Waals surface area contributed by atoms with E-state index in [1.165, 1.54) is 18.6 Å². The van der Waals surface area contributed by atoms with Crippen LogP contribution >= 0.6 is 11.8 Å². The van der Waals surface area contributed by atoms with E-state index in [1.54, 1.807) is 6.33 Å². The second kappa shape index (κ2) is 4.75. The molecule has 0 aliphatic carbocycles. The second-order valence-corrected chi connectivity index (χ2v) is 6.24. The zero-order chi connectivity index (χ0) is 11.6. The van der Waals surface area contributed by atoms with Crippen molar-refractivity contribution in [3.63, 3.8) is 0 Å². The Bertz CT molecular complexity index is 344. The van der Waals surface area contributed by atoms with E-state index in [4.69, 9.17) is 0 Å². The third kappa shape index (κ3) is 2.25. The van der Waals surface area contributed by atoms with Crippen LogP contribution in [0.15, 0.2) is 6.33 Å². The summed E-state index contributed by atoms with van der Waals surface area (Å²) >= 11 is 2.09. The monoisotopic (exact) mass is 240 g/mol. The first-order valence-corrected chi connectivity index (χ1v) is 6.78. The molecular weight excluding hydrogens is 220 g/mol. The number of rotatable bonds is 4. The van der Waals surface area contributed by atoms with Crippen molar-refractivity contribution in [1.29, 1.82) is 0 Å². The molecule has 1 aromatic rings. The van der Waals surface area contributed by atoms with Crippen molar-refractivity contribution < 1.29 is 0 Å². The minimum Gasteiger partial charge on any atom is -0.315 e. The minimum absolute atomic E-state index is 0.348. The summed E-state index contributed by atoms with van der Waals surface area (Å²) < 4.78 is 2.22. The fourth-order valence-corrected chi connectivity index (χ4v) is 3.83. The molecule has 16 heavy (non-hydrogen) atoms. The number of nitrogens with zero attached hydrogens (tertiary/aromatic N) is 3. The van der Waals surface area contributed by atoms with Crippen molar-refractivity contribution >= 4 is 11.8 Å². The fourth-order valence-electron chi connectivity index (χ4n) is 2.39. The Morgan fingerprint density at radius 2 is 2.50 bits per heavy atom. The van der Waals surface area contributed by atoms with Crippen LogP contribution in [0.5, 0.6) is 0 Å². The highest BCUT2D eigenvalue weighted by Gasteiger charge is 2.37. The van der Waals surface area contributed by atoms with Gasteiger partial charge in [0.2, 0.25) is 0 Å². The average molecular weight is 240 g/mol. The predicted octanol–water partition coefficient (Wildman–Crippen LogP) is 1.23. The van der Waals surface area contributed by atoms with Crippen LogP contribution in [-0.2, 0) is 13.5 Å². The Labute approximate surface area is 101 Å². The van der Waals surface area contributed by atoms with Crippen molar-refractivity contribution in [3.8, 4) is 0 Å². The highest BCUT2D eigenvalue weighted by Crippen LogP contribution is 2.41. The number of likely N-dealkylation sites (N-methyl/N-ethyl adjacent to an activating group) is 1. The topological polar surface area (TPSA) is 42.7 Å². The van der Waals surface area contributed by atoms with Crippen LogP contribution in [0.2, 0.25) is 0 Å². The average Bonchev–Trinajstić information content (AvgIpc) is 2.85. The van der Waals surface area contributed by atoms with E-state index in [9.17, 15) is 0 Å². The Hall–Kier alpha value is -0.550. The van der Waals surface area contributed by atoms with Gasteiger partial charge in [-0.05, 0) is 32.6 Å². The summed E-state index contributed by atoms with van der Waals surface area (Å²) in [7, 11) is 4.00. The van der Waals surface area contributed by atoms with Crippen LogP contribution in [0, 0.1) is 0 Å². The molecule has 5 heteroatoms. The lowest BCUT2D eigenvalue weighted by Crippen LogP contribution is -2.45. The third-order valence-electron chi connectivity index (χ3n) is 3.53. The van der Waals surface area contributed by atoms with Gasteiger partial charge in [0.1, 0.15) is 12.2 Å². The molecule has 1 aromatic heterocycles. The van der Waals surface area contributed by atoms with Gasteiger partial charge in [0, 0.05) is 24.3 Å². The van der Waals surface area contributed by atoms with Gasteiger partial charge in [-0.3, -0.25) is 4.68 Å². The molecule has 0 bridgehead atoms. The van der Waals surface area contributed by atoms with E-state index in [1.807, 2.05) is 18.8 Å². The first-order valence-electron chi connectivity index (χ1n) is 5.80. The molecule has 1 aliphatic rings. The van der Waals surface area contributed by atoms with Crippen molar-refractivity contribution in [2.24, 2.45) is 7.05 Å². The normalized spacial score (nSPS) is 27.2. The van der Waals surface area contributed by atoms with Gasteiger partial charge in [-0.1, -0.05) is 0 Å². The number of nitrogens with one attached hydrogen (secondary N) is 1. The maximum Gasteiger partial charge on any atom is 0.138 e. The van der Waals surface area contributed by atoms with E-state index in [0.29, 0.717) is 10.8 Å². The number of aromatic nitrogens is 3. The maximum absolute atomic E-state index is 4.31. The highest BCUT2D eigenvalue weighted by molar-refractivity contribution is 8.00. The van der Waals surface area contributed by atoms with Crippen molar-refractivity contribution in [3.05, 3.63) is 12.2 Å². The van der Waals surface area contributed by atoms with E-state index >= 15 is 0 Å². The molecule has 2 atom stereocenters. The summed E-state index contributed by atoms with van der Waals surface area (Å²) in [6.07, 6.45) is 5.21. The summed E-state index contributed by atoms with van der Waals surface area (Å²) in [5, 5.41) is 7.57. The molecule has 1 aliphatic heterocycles. The van der Waals surface area contributed by atoms with Crippen molar-refractivity contribution in [1.82, 2.24) is 20.1 Å². The minimum atomic E-state index is 0.348. The zero-order valence-corrected chi connectivity index (χ0v) is 11.0. The molecule has 0 aromatic carbocycles. The molecule has 1 fully saturated rings. The molecule has 2 heterocycles. The SMILES string of the molecule is CNC(Cc1ncnn1C)C1(C)CCCS1. The number of thioether (sulfide) groups is 1. The number of hydrogen-bond acceptors (Lipinski definition) is 4. The van der Waals surface area contributed by atoms with E-state index < -0.39 is 0 Å². The summed E-state index contributed by atoms with van der Waals surface area (Å²) in [6.45, 7) is 2.36. The summed E-state index contributed by atoms with van der Waals surface area (Å²) in [5.74, 6) is 2.35. The van der Waals surface area contributed by atoms with Crippen LogP contribution in [0.25, 0.3) is 0 Å².